The lowest BCUT2D eigenvalue weighted by Crippen LogP contribution is -2.28. The predicted octanol–water partition coefficient (Wildman–Crippen LogP) is 17.3. The molecule has 1 unspecified atom stereocenters. The lowest BCUT2D eigenvalue weighted by atomic mass is 10.1. The Kier molecular flexibility index (Phi) is 50.1. The second-order valence-corrected chi connectivity index (χ2v) is 16.5. The first kappa shape index (κ1) is 60.0. The van der Waals surface area contributed by atoms with Crippen LogP contribution in [-0.2, 0) is 19.1 Å². The highest BCUT2D eigenvalue weighted by atomic mass is 16.6. The fraction of sp³-hybridized carbons (Fsp3) is 0.593. The number of esters is 2. The van der Waals surface area contributed by atoms with Gasteiger partial charge in [-0.3, -0.25) is 9.59 Å². The fourth-order valence-electron chi connectivity index (χ4n) is 6.64. The molecule has 0 heterocycles. The molecule has 0 aromatic carbocycles. The van der Waals surface area contributed by atoms with Crippen molar-refractivity contribution in [1.29, 1.82) is 0 Å². The molecule has 0 bridgehead atoms. The molecule has 0 rings (SSSR count). The van der Waals surface area contributed by atoms with E-state index in [4.69, 9.17) is 9.47 Å². The molecule has 0 amide bonds. The highest BCUT2D eigenvalue weighted by molar-refractivity contribution is 5.70. The zero-order valence-electron chi connectivity index (χ0n) is 41.0. The van der Waals surface area contributed by atoms with Crippen molar-refractivity contribution in [2.45, 2.75) is 213 Å². The summed E-state index contributed by atoms with van der Waals surface area (Å²) in [7, 11) is 0. The second kappa shape index (κ2) is 53.4. The van der Waals surface area contributed by atoms with Gasteiger partial charge < -0.3 is 14.6 Å². The standard InChI is InChI=1S/C59H94O5/c1-3-5-7-9-11-13-15-17-19-21-23-24-25-26-27-28-29-30-31-32-33-34-36-38-40-42-44-46-48-50-52-54-59(62)64-57(55-60)56-63-58(61)53-51-49-47-45-43-41-39-37-35-22-20-18-16-14-12-10-8-6-4-2/h5-8,11-14,17-20,23-24,26-27,29-30,32-33,35,37,57,60H,3-4,9-10,15-16,21-22,25,28,31,34,36,38-56H2,1-2H3/b7-5-,8-6-,13-11-,14-12-,19-17-,20-18-,24-23-,27-26-,30-29-,33-32-,37-35-. The third-order valence-electron chi connectivity index (χ3n) is 10.4. The Morgan fingerprint density at radius 1 is 0.359 bits per heavy atom. The van der Waals surface area contributed by atoms with E-state index in [1.165, 1.54) is 57.8 Å². The number of carbonyl (C=O) groups is 2. The first-order valence-electron chi connectivity index (χ1n) is 25.7. The van der Waals surface area contributed by atoms with E-state index in [0.29, 0.717) is 12.8 Å². The average Bonchev–Trinajstić information content (AvgIpc) is 3.30. The fourth-order valence-corrected chi connectivity index (χ4v) is 6.64. The summed E-state index contributed by atoms with van der Waals surface area (Å²) in [6.45, 7) is 3.89. The first-order valence-corrected chi connectivity index (χ1v) is 25.7. The molecule has 5 heteroatoms. The minimum Gasteiger partial charge on any atom is -0.462 e. The van der Waals surface area contributed by atoms with Gasteiger partial charge in [-0.1, -0.05) is 218 Å². The van der Waals surface area contributed by atoms with Crippen LogP contribution in [0.3, 0.4) is 0 Å². The van der Waals surface area contributed by atoms with Crippen LogP contribution in [-0.4, -0.2) is 36.4 Å². The third kappa shape index (κ3) is 50.7. The van der Waals surface area contributed by atoms with Gasteiger partial charge in [0.1, 0.15) is 6.61 Å². The molecule has 0 spiro atoms. The van der Waals surface area contributed by atoms with Crippen LogP contribution in [0.5, 0.6) is 0 Å². The molecule has 64 heavy (non-hydrogen) atoms. The predicted molar refractivity (Wildman–Crippen MR) is 278 cm³/mol. The van der Waals surface area contributed by atoms with E-state index in [0.717, 1.165) is 122 Å². The van der Waals surface area contributed by atoms with Crippen molar-refractivity contribution in [3.05, 3.63) is 134 Å². The van der Waals surface area contributed by atoms with Gasteiger partial charge >= 0.3 is 11.9 Å². The summed E-state index contributed by atoms with van der Waals surface area (Å²) in [5.41, 5.74) is 0. The van der Waals surface area contributed by atoms with Gasteiger partial charge in [-0.2, -0.15) is 0 Å². The maximum Gasteiger partial charge on any atom is 0.306 e. The molecule has 1 N–H and O–H groups in total. The van der Waals surface area contributed by atoms with Crippen molar-refractivity contribution < 1.29 is 24.2 Å². The minimum absolute atomic E-state index is 0.0843. The van der Waals surface area contributed by atoms with Gasteiger partial charge in [0.2, 0.25) is 0 Å². The van der Waals surface area contributed by atoms with Crippen molar-refractivity contribution >= 4 is 11.9 Å². The molecule has 1 atom stereocenters. The van der Waals surface area contributed by atoms with Crippen LogP contribution in [0, 0.1) is 0 Å². The van der Waals surface area contributed by atoms with Crippen molar-refractivity contribution in [2.24, 2.45) is 0 Å². The molecular formula is C59H94O5. The summed E-state index contributed by atoms with van der Waals surface area (Å²) < 4.78 is 10.7. The summed E-state index contributed by atoms with van der Waals surface area (Å²) >= 11 is 0. The molecule has 0 radical (unpaired) electrons. The number of aliphatic hydroxyl groups excluding tert-OH is 1. The minimum atomic E-state index is -0.792. The van der Waals surface area contributed by atoms with E-state index in [1.54, 1.807) is 0 Å². The summed E-state index contributed by atoms with van der Waals surface area (Å²) in [5.74, 6) is -0.623. The summed E-state index contributed by atoms with van der Waals surface area (Å²) in [6, 6.07) is 0. The Morgan fingerprint density at radius 2 is 0.625 bits per heavy atom. The number of aliphatic hydroxyl groups is 1. The molecule has 360 valence electrons. The van der Waals surface area contributed by atoms with Gasteiger partial charge in [0.25, 0.3) is 0 Å². The van der Waals surface area contributed by atoms with E-state index in [2.05, 4.69) is 148 Å². The topological polar surface area (TPSA) is 72.8 Å². The SMILES string of the molecule is CC/C=C\C/C=C\C/C=C\C/C=C\C/C=C\C/C=C\C/C=C\CCCCCCCCCCCC(=O)OC(CO)COC(=O)CCCCCCCC/C=C\C/C=C\C/C=C\C/C=C\CC. The van der Waals surface area contributed by atoms with Crippen LogP contribution in [0.1, 0.15) is 206 Å². The second-order valence-electron chi connectivity index (χ2n) is 16.5. The molecule has 0 aromatic heterocycles. The normalized spacial score (nSPS) is 13.4. The number of ether oxygens (including phenoxy) is 2. The number of unbranched alkanes of at least 4 members (excludes halogenated alkanes) is 15. The van der Waals surface area contributed by atoms with Gasteiger partial charge in [-0.25, -0.2) is 0 Å². The molecule has 0 saturated heterocycles. The molecular weight excluding hydrogens is 789 g/mol. The molecule has 5 nitrogen and oxygen atoms in total. The highest BCUT2D eigenvalue weighted by Gasteiger charge is 2.16. The van der Waals surface area contributed by atoms with Crippen LogP contribution >= 0.6 is 0 Å². The van der Waals surface area contributed by atoms with Crippen molar-refractivity contribution in [2.75, 3.05) is 13.2 Å². The number of allylic oxidation sites excluding steroid dienone is 22. The summed E-state index contributed by atoms with van der Waals surface area (Å²) in [5, 5.41) is 9.63. The molecule has 0 aliphatic heterocycles. The van der Waals surface area contributed by atoms with Crippen LogP contribution in [0.4, 0.5) is 0 Å². The van der Waals surface area contributed by atoms with Crippen LogP contribution in [0.25, 0.3) is 0 Å². The van der Waals surface area contributed by atoms with Crippen molar-refractivity contribution in [3.63, 3.8) is 0 Å². The van der Waals surface area contributed by atoms with Crippen LogP contribution in [0.2, 0.25) is 0 Å². The zero-order chi connectivity index (χ0) is 46.3. The number of carbonyl (C=O) groups excluding carboxylic acids is 2. The van der Waals surface area contributed by atoms with Gasteiger partial charge in [0.05, 0.1) is 6.61 Å². The maximum atomic E-state index is 12.3. The van der Waals surface area contributed by atoms with Crippen LogP contribution in [0.15, 0.2) is 134 Å². The maximum absolute atomic E-state index is 12.3. The molecule has 0 aliphatic rings. The van der Waals surface area contributed by atoms with Gasteiger partial charge in [0, 0.05) is 12.8 Å². The largest absolute Gasteiger partial charge is 0.462 e. The van der Waals surface area contributed by atoms with E-state index in [1.807, 2.05) is 0 Å². The van der Waals surface area contributed by atoms with E-state index >= 15 is 0 Å². The van der Waals surface area contributed by atoms with Crippen molar-refractivity contribution in [3.8, 4) is 0 Å². The highest BCUT2D eigenvalue weighted by Crippen LogP contribution is 2.13. The third-order valence-corrected chi connectivity index (χ3v) is 10.4. The molecule has 0 saturated carbocycles. The van der Waals surface area contributed by atoms with Gasteiger partial charge in [0.15, 0.2) is 6.10 Å². The number of hydrogen-bond acceptors (Lipinski definition) is 5. The van der Waals surface area contributed by atoms with E-state index < -0.39 is 6.10 Å². The first-order chi connectivity index (χ1) is 31.6. The number of hydrogen-bond donors (Lipinski definition) is 1. The Hall–Kier alpha value is -3.96. The molecule has 0 aromatic rings. The van der Waals surface area contributed by atoms with Crippen molar-refractivity contribution in [1.82, 2.24) is 0 Å². The zero-order valence-corrected chi connectivity index (χ0v) is 41.0. The van der Waals surface area contributed by atoms with Gasteiger partial charge in [-0.05, 0) is 109 Å². The quantitative estimate of drug-likeness (QED) is 0.0375. The lowest BCUT2D eigenvalue weighted by molar-refractivity contribution is -0.161. The molecule has 0 aliphatic carbocycles. The van der Waals surface area contributed by atoms with E-state index in [-0.39, 0.29) is 25.2 Å². The smallest absolute Gasteiger partial charge is 0.306 e. The Morgan fingerprint density at radius 3 is 0.938 bits per heavy atom. The molecule has 0 fully saturated rings. The Balaban J connectivity index is 3.61. The summed E-state index contributed by atoms with van der Waals surface area (Å²) in [6.07, 6.45) is 79.7. The monoisotopic (exact) mass is 883 g/mol. The Labute approximate surface area is 394 Å². The lowest BCUT2D eigenvalue weighted by Gasteiger charge is -2.15. The average molecular weight is 883 g/mol. The van der Waals surface area contributed by atoms with Gasteiger partial charge in [-0.15, -0.1) is 0 Å². The van der Waals surface area contributed by atoms with E-state index in [9.17, 15) is 14.7 Å². The summed E-state index contributed by atoms with van der Waals surface area (Å²) in [4.78, 5) is 24.5. The number of rotatable bonds is 45. The van der Waals surface area contributed by atoms with Crippen LogP contribution < -0.4 is 0 Å². The Bertz CT molecular complexity index is 1370.